The number of nitrogens with one attached hydrogen (secondary N) is 1. The van der Waals surface area contributed by atoms with Crippen LogP contribution in [-0.2, 0) is 0 Å². The summed E-state index contributed by atoms with van der Waals surface area (Å²) in [7, 11) is 0. The van der Waals surface area contributed by atoms with Gasteiger partial charge in [0.15, 0.2) is 0 Å². The standard InChI is InChI=1S/C13H10BrNO4/c1-7-6-8(2-3-9(7)13(17)18)15-12(16)11-10(14)4-5-19-11/h2-6H,1H3,(H,15,16)(H,17,18). The molecule has 2 N–H and O–H groups in total. The van der Waals surface area contributed by atoms with Gasteiger partial charge in [0.05, 0.1) is 16.3 Å². The molecule has 5 nitrogen and oxygen atoms in total. The second-order valence-electron chi connectivity index (χ2n) is 3.89. The SMILES string of the molecule is Cc1cc(NC(=O)c2occc2Br)ccc1C(=O)O. The van der Waals surface area contributed by atoms with E-state index < -0.39 is 11.9 Å². The van der Waals surface area contributed by atoms with Gasteiger partial charge >= 0.3 is 5.97 Å². The molecule has 0 aliphatic carbocycles. The van der Waals surface area contributed by atoms with Crippen LogP contribution in [0.1, 0.15) is 26.5 Å². The highest BCUT2D eigenvalue weighted by Gasteiger charge is 2.14. The number of carboxylic acids is 1. The van der Waals surface area contributed by atoms with E-state index in [1.807, 2.05) is 0 Å². The Morgan fingerprint density at radius 1 is 1.32 bits per heavy atom. The Bertz CT molecular complexity index is 648. The summed E-state index contributed by atoms with van der Waals surface area (Å²) < 4.78 is 5.60. The van der Waals surface area contributed by atoms with E-state index >= 15 is 0 Å². The van der Waals surface area contributed by atoms with Crippen molar-refractivity contribution in [2.24, 2.45) is 0 Å². The molecule has 0 aliphatic rings. The minimum Gasteiger partial charge on any atom is -0.478 e. The van der Waals surface area contributed by atoms with Crippen molar-refractivity contribution in [1.29, 1.82) is 0 Å². The molecule has 2 rings (SSSR count). The van der Waals surface area contributed by atoms with E-state index in [4.69, 9.17) is 9.52 Å². The van der Waals surface area contributed by atoms with Crippen LogP contribution >= 0.6 is 15.9 Å². The quantitative estimate of drug-likeness (QED) is 0.908. The Hall–Kier alpha value is -2.08. The molecule has 0 aliphatic heterocycles. The fraction of sp³-hybridized carbons (Fsp3) is 0.0769. The van der Waals surface area contributed by atoms with Crippen molar-refractivity contribution >= 4 is 33.5 Å². The third-order valence-corrected chi connectivity index (χ3v) is 3.16. The number of carbonyl (C=O) groups is 2. The molecule has 19 heavy (non-hydrogen) atoms. The average Bonchev–Trinajstić information content (AvgIpc) is 2.75. The van der Waals surface area contributed by atoms with Gasteiger partial charge in [-0.25, -0.2) is 4.79 Å². The third kappa shape index (κ3) is 2.85. The normalized spacial score (nSPS) is 10.2. The second-order valence-corrected chi connectivity index (χ2v) is 4.74. The highest BCUT2D eigenvalue weighted by Crippen LogP contribution is 2.20. The zero-order chi connectivity index (χ0) is 14.0. The van der Waals surface area contributed by atoms with E-state index in [1.165, 1.54) is 18.4 Å². The molecule has 0 unspecified atom stereocenters. The molecule has 1 amide bonds. The molecular weight excluding hydrogens is 314 g/mol. The zero-order valence-corrected chi connectivity index (χ0v) is 11.5. The number of aryl methyl sites for hydroxylation is 1. The fourth-order valence-electron chi connectivity index (χ4n) is 1.63. The van der Waals surface area contributed by atoms with Crippen LogP contribution in [0.3, 0.4) is 0 Å². The van der Waals surface area contributed by atoms with Gasteiger partial charge in [-0.3, -0.25) is 4.79 Å². The van der Waals surface area contributed by atoms with Crippen LogP contribution in [0, 0.1) is 6.92 Å². The number of carboxylic acid groups (broad SMARTS) is 1. The van der Waals surface area contributed by atoms with E-state index in [-0.39, 0.29) is 11.3 Å². The molecule has 1 aromatic carbocycles. The predicted octanol–water partition coefficient (Wildman–Crippen LogP) is 3.30. The minimum atomic E-state index is -0.996. The number of rotatable bonds is 3. The lowest BCUT2D eigenvalue weighted by atomic mass is 10.1. The number of benzene rings is 1. The molecule has 0 saturated carbocycles. The van der Waals surface area contributed by atoms with Gasteiger partial charge in [0.2, 0.25) is 5.76 Å². The van der Waals surface area contributed by atoms with E-state index in [0.717, 1.165) is 0 Å². The molecular formula is C13H10BrNO4. The average molecular weight is 324 g/mol. The minimum absolute atomic E-state index is 0.167. The molecule has 6 heteroatoms. The predicted molar refractivity (Wildman–Crippen MR) is 72.5 cm³/mol. The van der Waals surface area contributed by atoms with Gasteiger partial charge in [0.25, 0.3) is 5.91 Å². The van der Waals surface area contributed by atoms with Crippen molar-refractivity contribution in [3.05, 3.63) is 51.9 Å². The molecule has 0 radical (unpaired) electrons. The van der Waals surface area contributed by atoms with E-state index in [9.17, 15) is 9.59 Å². The largest absolute Gasteiger partial charge is 0.478 e. The van der Waals surface area contributed by atoms with Crippen LogP contribution in [0.2, 0.25) is 0 Å². The van der Waals surface area contributed by atoms with Gasteiger partial charge in [0.1, 0.15) is 0 Å². The van der Waals surface area contributed by atoms with E-state index in [2.05, 4.69) is 21.2 Å². The molecule has 1 aromatic heterocycles. The van der Waals surface area contributed by atoms with Crippen molar-refractivity contribution in [3.8, 4) is 0 Å². The Morgan fingerprint density at radius 2 is 2.05 bits per heavy atom. The van der Waals surface area contributed by atoms with E-state index in [1.54, 1.807) is 19.1 Å². The summed E-state index contributed by atoms with van der Waals surface area (Å²) in [5.41, 5.74) is 1.29. The van der Waals surface area contributed by atoms with Crippen molar-refractivity contribution in [2.45, 2.75) is 6.92 Å². The summed E-state index contributed by atoms with van der Waals surface area (Å²) in [5.74, 6) is -1.23. The van der Waals surface area contributed by atoms with Crippen LogP contribution < -0.4 is 5.32 Å². The van der Waals surface area contributed by atoms with Gasteiger partial charge in [-0.05, 0) is 52.7 Å². The van der Waals surface area contributed by atoms with Crippen LogP contribution in [-0.4, -0.2) is 17.0 Å². The second kappa shape index (κ2) is 5.27. The highest BCUT2D eigenvalue weighted by atomic mass is 79.9. The number of furan rings is 1. The lowest BCUT2D eigenvalue weighted by Crippen LogP contribution is -2.12. The molecule has 0 saturated heterocycles. The number of aromatic carboxylic acids is 1. The lowest BCUT2D eigenvalue weighted by Gasteiger charge is -2.06. The molecule has 0 spiro atoms. The summed E-state index contributed by atoms with van der Waals surface area (Å²) in [6.45, 7) is 1.67. The smallest absolute Gasteiger partial charge is 0.335 e. The first-order valence-corrected chi connectivity index (χ1v) is 6.16. The first kappa shape index (κ1) is 13.4. The molecule has 0 bridgehead atoms. The monoisotopic (exact) mass is 323 g/mol. The topological polar surface area (TPSA) is 79.5 Å². The first-order chi connectivity index (χ1) is 8.99. The van der Waals surface area contributed by atoms with Crippen molar-refractivity contribution in [1.82, 2.24) is 0 Å². The van der Waals surface area contributed by atoms with Crippen LogP contribution in [0.4, 0.5) is 5.69 Å². The zero-order valence-electron chi connectivity index (χ0n) is 9.94. The number of halogens is 1. The highest BCUT2D eigenvalue weighted by molar-refractivity contribution is 9.10. The van der Waals surface area contributed by atoms with Gasteiger partial charge in [0, 0.05) is 5.69 Å². The molecule has 1 heterocycles. The maximum absolute atomic E-state index is 11.9. The Labute approximate surface area is 117 Å². The lowest BCUT2D eigenvalue weighted by molar-refractivity contribution is 0.0696. The van der Waals surface area contributed by atoms with Crippen LogP contribution in [0.15, 0.2) is 39.4 Å². The Balaban J connectivity index is 2.21. The summed E-state index contributed by atoms with van der Waals surface area (Å²) in [6, 6.07) is 6.20. The molecule has 0 fully saturated rings. The number of amides is 1. The molecule has 0 atom stereocenters. The van der Waals surface area contributed by atoms with Gasteiger partial charge < -0.3 is 14.8 Å². The van der Waals surface area contributed by atoms with Crippen molar-refractivity contribution in [2.75, 3.05) is 5.32 Å². The van der Waals surface area contributed by atoms with Crippen molar-refractivity contribution in [3.63, 3.8) is 0 Å². The number of hydrogen-bond donors (Lipinski definition) is 2. The van der Waals surface area contributed by atoms with E-state index in [0.29, 0.717) is 15.7 Å². The fourth-order valence-corrected chi connectivity index (χ4v) is 2.01. The van der Waals surface area contributed by atoms with Gasteiger partial charge in [-0.2, -0.15) is 0 Å². The maximum atomic E-state index is 11.9. The van der Waals surface area contributed by atoms with Gasteiger partial charge in [-0.1, -0.05) is 0 Å². The van der Waals surface area contributed by atoms with Crippen LogP contribution in [0.25, 0.3) is 0 Å². The van der Waals surface area contributed by atoms with Crippen molar-refractivity contribution < 1.29 is 19.1 Å². The maximum Gasteiger partial charge on any atom is 0.335 e. The third-order valence-electron chi connectivity index (χ3n) is 2.54. The number of carbonyl (C=O) groups excluding carboxylic acids is 1. The summed E-state index contributed by atoms with van der Waals surface area (Å²) in [4.78, 5) is 22.8. The summed E-state index contributed by atoms with van der Waals surface area (Å²) in [6.07, 6.45) is 1.40. The van der Waals surface area contributed by atoms with Gasteiger partial charge in [-0.15, -0.1) is 0 Å². The van der Waals surface area contributed by atoms with Crippen LogP contribution in [0.5, 0.6) is 0 Å². The summed E-state index contributed by atoms with van der Waals surface area (Å²) in [5, 5.41) is 11.6. The summed E-state index contributed by atoms with van der Waals surface area (Å²) >= 11 is 3.19. The number of anilines is 1. The molecule has 2 aromatic rings. The Kier molecular flexibility index (Phi) is 3.71. The Morgan fingerprint density at radius 3 is 2.58 bits per heavy atom. The molecule has 98 valence electrons. The number of hydrogen-bond acceptors (Lipinski definition) is 3. The first-order valence-electron chi connectivity index (χ1n) is 5.37.